The van der Waals surface area contributed by atoms with Crippen LogP contribution in [0.3, 0.4) is 0 Å². The second-order valence-corrected chi connectivity index (χ2v) is 3.24. The quantitative estimate of drug-likeness (QED) is 0.627. The van der Waals surface area contributed by atoms with Crippen molar-refractivity contribution < 1.29 is 0 Å². The van der Waals surface area contributed by atoms with Gasteiger partial charge in [-0.3, -0.25) is 0 Å². The van der Waals surface area contributed by atoms with Crippen molar-refractivity contribution in [2.75, 3.05) is 0 Å². The molecule has 0 aliphatic heterocycles. The zero-order valence-corrected chi connectivity index (χ0v) is 7.77. The highest BCUT2D eigenvalue weighted by atomic mass is 14.0. The van der Waals surface area contributed by atoms with Crippen molar-refractivity contribution in [3.05, 3.63) is 73.5 Å². The molecule has 14 heavy (non-hydrogen) atoms. The molecule has 0 saturated heterocycles. The SMILES string of the molecule is [CH]c1ccc(-c2ccc([CH])cc2)cc1. The average Bonchev–Trinajstić information content (AvgIpc) is 2.21. The molecule has 0 heterocycles. The van der Waals surface area contributed by atoms with E-state index in [1.807, 2.05) is 48.5 Å². The molecule has 2 aromatic rings. The molecule has 0 fully saturated rings. The van der Waals surface area contributed by atoms with Gasteiger partial charge in [-0.2, -0.15) is 0 Å². The smallest absolute Gasteiger partial charge is 0.00120 e. The lowest BCUT2D eigenvalue weighted by molar-refractivity contribution is 1.55. The molecule has 0 unspecified atom stereocenters. The molecule has 0 amide bonds. The van der Waals surface area contributed by atoms with Crippen molar-refractivity contribution in [2.45, 2.75) is 0 Å². The fraction of sp³-hybridized carbons (Fsp3) is 0. The maximum Gasteiger partial charge on any atom is -0.00120 e. The monoisotopic (exact) mass is 178 g/mol. The maximum absolute atomic E-state index is 5.61. The summed E-state index contributed by atoms with van der Waals surface area (Å²) < 4.78 is 0. The molecule has 0 aliphatic rings. The van der Waals surface area contributed by atoms with Gasteiger partial charge in [0.25, 0.3) is 0 Å². The zero-order valence-electron chi connectivity index (χ0n) is 7.77. The highest BCUT2D eigenvalue weighted by Crippen LogP contribution is 2.19. The van der Waals surface area contributed by atoms with Gasteiger partial charge in [0, 0.05) is 0 Å². The Hall–Kier alpha value is -1.56. The Kier molecular flexibility index (Phi) is 2.36. The maximum atomic E-state index is 5.61. The lowest BCUT2D eigenvalue weighted by Gasteiger charge is -2.02. The van der Waals surface area contributed by atoms with E-state index in [1.165, 1.54) is 0 Å². The van der Waals surface area contributed by atoms with Gasteiger partial charge >= 0.3 is 0 Å². The van der Waals surface area contributed by atoms with Crippen LogP contribution in [0.5, 0.6) is 0 Å². The van der Waals surface area contributed by atoms with E-state index in [4.69, 9.17) is 13.8 Å². The number of rotatable bonds is 1. The van der Waals surface area contributed by atoms with Gasteiger partial charge in [-0.15, -0.1) is 0 Å². The first-order chi connectivity index (χ1) is 6.75. The van der Waals surface area contributed by atoms with Crippen LogP contribution in [0.2, 0.25) is 0 Å². The van der Waals surface area contributed by atoms with E-state index in [9.17, 15) is 0 Å². The molecule has 0 aliphatic carbocycles. The van der Waals surface area contributed by atoms with Crippen LogP contribution in [0.25, 0.3) is 11.1 Å². The normalized spacial score (nSPS) is 10.1. The Morgan fingerprint density at radius 2 is 0.786 bits per heavy atom. The van der Waals surface area contributed by atoms with Crippen molar-refractivity contribution in [3.63, 3.8) is 0 Å². The molecule has 0 bridgehead atoms. The molecule has 2 rings (SSSR count). The standard InChI is InChI=1S/C14H10/c1-11-3-7-13(8-4-11)14-9-5-12(2)6-10-14/h1-10H. The predicted molar refractivity (Wildman–Crippen MR) is 58.7 cm³/mol. The number of hydrogen-bond donors (Lipinski definition) is 0. The van der Waals surface area contributed by atoms with Crippen molar-refractivity contribution in [1.82, 2.24) is 0 Å². The predicted octanol–water partition coefficient (Wildman–Crippen LogP) is 3.47. The van der Waals surface area contributed by atoms with Gasteiger partial charge in [0.05, 0.1) is 0 Å². The van der Waals surface area contributed by atoms with E-state index < -0.39 is 0 Å². The summed E-state index contributed by atoms with van der Waals surface area (Å²) in [6, 6.07) is 15.6. The van der Waals surface area contributed by atoms with Crippen LogP contribution in [0.15, 0.2) is 48.5 Å². The number of benzene rings is 2. The van der Waals surface area contributed by atoms with Gasteiger partial charge in [0.15, 0.2) is 0 Å². The summed E-state index contributed by atoms with van der Waals surface area (Å²) in [5, 5.41) is 0. The minimum Gasteiger partial charge on any atom is -0.0581 e. The molecule has 2 aromatic carbocycles. The minimum absolute atomic E-state index is 0.782. The Labute approximate surface area is 85.2 Å². The lowest BCUT2D eigenvalue weighted by Crippen LogP contribution is -1.78. The van der Waals surface area contributed by atoms with Crippen LogP contribution in [-0.4, -0.2) is 0 Å². The van der Waals surface area contributed by atoms with E-state index in [2.05, 4.69) is 0 Å². The third-order valence-electron chi connectivity index (χ3n) is 2.15. The fourth-order valence-electron chi connectivity index (χ4n) is 1.35. The lowest BCUT2D eigenvalue weighted by atomic mass is 10.0. The van der Waals surface area contributed by atoms with Gasteiger partial charge in [-0.1, -0.05) is 48.5 Å². The highest BCUT2D eigenvalue weighted by Gasteiger charge is 1.95. The van der Waals surface area contributed by atoms with Gasteiger partial charge in [-0.25, -0.2) is 0 Å². The van der Waals surface area contributed by atoms with Gasteiger partial charge < -0.3 is 0 Å². The fourth-order valence-corrected chi connectivity index (χ4v) is 1.35. The molecule has 0 atom stereocenters. The summed E-state index contributed by atoms with van der Waals surface area (Å²) in [7, 11) is 0. The van der Waals surface area contributed by atoms with Crippen LogP contribution >= 0.6 is 0 Å². The third-order valence-corrected chi connectivity index (χ3v) is 2.15. The summed E-state index contributed by atoms with van der Waals surface area (Å²) in [4.78, 5) is 0. The molecule has 0 nitrogen and oxygen atoms in total. The molecule has 0 aromatic heterocycles. The minimum atomic E-state index is 0.782. The van der Waals surface area contributed by atoms with Crippen LogP contribution < -0.4 is 0 Å². The molecular formula is C14H10. The molecular weight excluding hydrogens is 168 g/mol. The van der Waals surface area contributed by atoms with E-state index in [1.54, 1.807) is 0 Å². The summed E-state index contributed by atoms with van der Waals surface area (Å²) in [5.74, 6) is 0. The Morgan fingerprint density at radius 3 is 1.07 bits per heavy atom. The first-order valence-electron chi connectivity index (χ1n) is 4.47. The van der Waals surface area contributed by atoms with E-state index in [-0.39, 0.29) is 0 Å². The number of hydrogen-bond acceptors (Lipinski definition) is 0. The summed E-state index contributed by atoms with van der Waals surface area (Å²) >= 11 is 0. The molecule has 0 saturated carbocycles. The third kappa shape index (κ3) is 1.85. The first-order valence-corrected chi connectivity index (χ1v) is 4.47. The zero-order chi connectivity index (χ0) is 9.97. The van der Waals surface area contributed by atoms with E-state index >= 15 is 0 Å². The topological polar surface area (TPSA) is 0 Å². The van der Waals surface area contributed by atoms with Crippen molar-refractivity contribution in [1.29, 1.82) is 0 Å². The second-order valence-electron chi connectivity index (χ2n) is 3.24. The molecule has 0 spiro atoms. The molecule has 0 heteroatoms. The summed E-state index contributed by atoms with van der Waals surface area (Å²) in [6.45, 7) is 11.2. The Balaban J connectivity index is 2.40. The molecule has 0 N–H and O–H groups in total. The molecule has 4 radical (unpaired) electrons. The Bertz CT molecular complexity index is 363. The van der Waals surface area contributed by atoms with Crippen molar-refractivity contribution in [3.8, 4) is 11.1 Å². The first kappa shape index (κ1) is 9.01. The highest BCUT2D eigenvalue weighted by molar-refractivity contribution is 5.64. The van der Waals surface area contributed by atoms with E-state index in [0.717, 1.165) is 22.3 Å². The Morgan fingerprint density at radius 1 is 0.500 bits per heavy atom. The van der Waals surface area contributed by atoms with Gasteiger partial charge in [0.1, 0.15) is 0 Å². The van der Waals surface area contributed by atoms with Crippen molar-refractivity contribution >= 4 is 0 Å². The van der Waals surface area contributed by atoms with Gasteiger partial charge in [-0.05, 0) is 36.1 Å². The van der Waals surface area contributed by atoms with Crippen molar-refractivity contribution in [2.24, 2.45) is 0 Å². The second kappa shape index (κ2) is 3.67. The van der Waals surface area contributed by atoms with Crippen LogP contribution in [0.1, 0.15) is 11.1 Å². The average molecular weight is 178 g/mol. The molecule has 66 valence electrons. The summed E-state index contributed by atoms with van der Waals surface area (Å²) in [5.41, 5.74) is 3.87. The van der Waals surface area contributed by atoms with E-state index in [0.29, 0.717) is 0 Å². The van der Waals surface area contributed by atoms with Crippen LogP contribution in [0, 0.1) is 13.8 Å². The van der Waals surface area contributed by atoms with Crippen LogP contribution in [-0.2, 0) is 0 Å². The van der Waals surface area contributed by atoms with Gasteiger partial charge in [0.2, 0.25) is 0 Å². The largest absolute Gasteiger partial charge is 0.0581 e. The van der Waals surface area contributed by atoms with Crippen LogP contribution in [0.4, 0.5) is 0 Å². The summed E-state index contributed by atoms with van der Waals surface area (Å²) in [6.07, 6.45) is 0.